The molecule has 3 rings (SSSR count). The summed E-state index contributed by atoms with van der Waals surface area (Å²) in [6, 6.07) is 8.28. The number of amides is 1. The summed E-state index contributed by atoms with van der Waals surface area (Å²) < 4.78 is 25.5. The first-order valence-corrected chi connectivity index (χ1v) is 13.1. The highest BCUT2D eigenvalue weighted by atomic mass is 35.5. The number of carbonyl (C=O) groups is 1. The van der Waals surface area contributed by atoms with E-state index < -0.39 is 15.1 Å². The lowest BCUT2D eigenvalue weighted by atomic mass is 9.91. The molecule has 0 bridgehead atoms. The summed E-state index contributed by atoms with van der Waals surface area (Å²) >= 11 is 5.84. The van der Waals surface area contributed by atoms with E-state index in [0.29, 0.717) is 10.8 Å². The number of carbonyl (C=O) groups excluding carboxylic acids is 1. The van der Waals surface area contributed by atoms with E-state index in [9.17, 15) is 13.2 Å². The van der Waals surface area contributed by atoms with Gasteiger partial charge >= 0.3 is 0 Å². The van der Waals surface area contributed by atoms with E-state index in [1.807, 2.05) is 32.0 Å². The van der Waals surface area contributed by atoms with Crippen LogP contribution in [-0.2, 0) is 14.6 Å². The van der Waals surface area contributed by atoms with Crippen molar-refractivity contribution in [3.63, 3.8) is 0 Å². The molecule has 180 valence electrons. The fourth-order valence-electron chi connectivity index (χ4n) is 3.96. The zero-order chi connectivity index (χ0) is 24.2. The summed E-state index contributed by atoms with van der Waals surface area (Å²) in [7, 11) is 0.298. The Morgan fingerprint density at radius 1 is 1.12 bits per heavy atom. The lowest BCUT2D eigenvalue weighted by Crippen LogP contribution is -2.41. The van der Waals surface area contributed by atoms with Gasteiger partial charge in [-0.2, -0.15) is 0 Å². The first kappa shape index (κ1) is 25.2. The minimum absolute atomic E-state index is 0.0467. The van der Waals surface area contributed by atoms with Crippen molar-refractivity contribution in [1.29, 1.82) is 0 Å². The van der Waals surface area contributed by atoms with Crippen LogP contribution < -0.4 is 15.5 Å². The third-order valence-corrected chi connectivity index (χ3v) is 8.28. The van der Waals surface area contributed by atoms with E-state index in [1.165, 1.54) is 24.3 Å². The van der Waals surface area contributed by atoms with Crippen molar-refractivity contribution in [2.24, 2.45) is 0 Å². The normalized spacial score (nSPS) is 19.5. The maximum Gasteiger partial charge on any atom is 0.221 e. The predicted molar refractivity (Wildman–Crippen MR) is 132 cm³/mol. The van der Waals surface area contributed by atoms with E-state index in [4.69, 9.17) is 11.6 Å². The summed E-state index contributed by atoms with van der Waals surface area (Å²) in [5, 5.41) is 6.16. The topological polar surface area (TPSA) is 104 Å². The average molecular weight is 494 g/mol. The number of halogens is 1. The van der Waals surface area contributed by atoms with Gasteiger partial charge in [0, 0.05) is 43.7 Å². The van der Waals surface area contributed by atoms with Crippen LogP contribution in [0.1, 0.15) is 44.9 Å². The van der Waals surface area contributed by atoms with Gasteiger partial charge in [-0.3, -0.25) is 4.79 Å². The minimum Gasteiger partial charge on any atom is -0.367 e. The van der Waals surface area contributed by atoms with Crippen molar-refractivity contribution in [3.05, 3.63) is 41.2 Å². The average Bonchev–Trinajstić information content (AvgIpc) is 2.75. The quantitative estimate of drug-likeness (QED) is 0.579. The second kappa shape index (κ2) is 10.7. The zero-order valence-corrected chi connectivity index (χ0v) is 21.1. The molecule has 1 unspecified atom stereocenters. The van der Waals surface area contributed by atoms with Crippen molar-refractivity contribution in [2.45, 2.75) is 68.2 Å². The van der Waals surface area contributed by atoms with Crippen molar-refractivity contribution < 1.29 is 13.2 Å². The summed E-state index contributed by atoms with van der Waals surface area (Å²) in [6.07, 6.45) is 3.36. The minimum atomic E-state index is -3.59. The molecule has 8 nitrogen and oxygen atoms in total. The second-order valence-electron chi connectivity index (χ2n) is 8.83. The molecule has 1 aromatic carbocycles. The number of nitrogens with zero attached hydrogens (tertiary/aromatic N) is 3. The molecule has 2 aromatic rings. The van der Waals surface area contributed by atoms with Crippen LogP contribution in [0, 0.1) is 6.92 Å². The molecule has 0 aliphatic heterocycles. The highest BCUT2D eigenvalue weighted by Gasteiger charge is 2.28. The molecule has 1 amide bonds. The molecular weight excluding hydrogens is 462 g/mol. The number of sulfone groups is 1. The standard InChI is InChI=1S/C23H32ClN5O3S/c1-15(33(31,32)20-11-5-17(24)6-12-20)13-23(30)28-19-9-7-18(8-10-19)27-21-14-22(29(3)4)26-16(2)25-21/h5-6,11-12,14-15,18-19H,7-10,13H2,1-4H3,(H,28,30)(H,25,26,27). The Kier molecular flexibility index (Phi) is 8.18. The fraction of sp³-hybridized carbons (Fsp3) is 0.522. The fourth-order valence-corrected chi connectivity index (χ4v) is 5.44. The van der Waals surface area contributed by atoms with Crippen molar-refractivity contribution in [2.75, 3.05) is 24.3 Å². The molecule has 2 N–H and O–H groups in total. The van der Waals surface area contributed by atoms with Crippen LogP contribution >= 0.6 is 11.6 Å². The first-order chi connectivity index (χ1) is 15.5. The molecular formula is C23H32ClN5O3S. The number of anilines is 2. The SMILES string of the molecule is Cc1nc(NC2CCC(NC(=O)CC(C)S(=O)(=O)c3ccc(Cl)cc3)CC2)cc(N(C)C)n1. The summed E-state index contributed by atoms with van der Waals surface area (Å²) in [6.45, 7) is 3.44. The molecule has 0 spiro atoms. The first-order valence-electron chi connectivity index (χ1n) is 11.1. The number of nitrogens with one attached hydrogen (secondary N) is 2. The van der Waals surface area contributed by atoms with Crippen LogP contribution in [-0.4, -0.2) is 55.7 Å². The largest absolute Gasteiger partial charge is 0.367 e. The second-order valence-corrected chi connectivity index (χ2v) is 11.6. The molecule has 1 fully saturated rings. The Hall–Kier alpha value is -2.39. The van der Waals surface area contributed by atoms with Gasteiger partial charge in [0.2, 0.25) is 5.91 Å². The zero-order valence-electron chi connectivity index (χ0n) is 19.5. The molecule has 1 heterocycles. The monoisotopic (exact) mass is 493 g/mol. The molecule has 0 saturated heterocycles. The Labute approximate surface area is 201 Å². The number of aryl methyl sites for hydroxylation is 1. The summed E-state index contributed by atoms with van der Waals surface area (Å²) in [5.41, 5.74) is 0. The van der Waals surface area contributed by atoms with Gasteiger partial charge in [-0.25, -0.2) is 18.4 Å². The summed E-state index contributed by atoms with van der Waals surface area (Å²) in [5.74, 6) is 2.14. The third-order valence-electron chi connectivity index (χ3n) is 5.87. The van der Waals surface area contributed by atoms with Crippen molar-refractivity contribution >= 4 is 39.0 Å². The van der Waals surface area contributed by atoms with Gasteiger partial charge in [-0.05, 0) is 63.8 Å². The van der Waals surface area contributed by atoms with Crippen LogP contribution in [0.15, 0.2) is 35.2 Å². The van der Waals surface area contributed by atoms with Gasteiger partial charge < -0.3 is 15.5 Å². The van der Waals surface area contributed by atoms with E-state index in [-0.39, 0.29) is 29.3 Å². The lowest BCUT2D eigenvalue weighted by Gasteiger charge is -2.30. The smallest absolute Gasteiger partial charge is 0.221 e. The van der Waals surface area contributed by atoms with Gasteiger partial charge in [0.25, 0.3) is 0 Å². The lowest BCUT2D eigenvalue weighted by molar-refractivity contribution is -0.122. The van der Waals surface area contributed by atoms with Gasteiger partial charge in [-0.1, -0.05) is 11.6 Å². The van der Waals surface area contributed by atoms with Gasteiger partial charge in [0.1, 0.15) is 17.5 Å². The van der Waals surface area contributed by atoms with Gasteiger partial charge in [0.15, 0.2) is 9.84 Å². The number of hydrogen-bond acceptors (Lipinski definition) is 7. The molecule has 1 aromatic heterocycles. The number of aromatic nitrogens is 2. The van der Waals surface area contributed by atoms with Crippen LogP contribution in [0.3, 0.4) is 0 Å². The Morgan fingerprint density at radius 2 is 1.73 bits per heavy atom. The van der Waals surface area contributed by atoms with Crippen LogP contribution in [0.2, 0.25) is 5.02 Å². The maximum atomic E-state index is 12.7. The molecule has 1 saturated carbocycles. The van der Waals surface area contributed by atoms with Gasteiger partial charge in [0.05, 0.1) is 10.1 Å². The number of rotatable bonds is 8. The maximum absolute atomic E-state index is 12.7. The van der Waals surface area contributed by atoms with Gasteiger partial charge in [-0.15, -0.1) is 0 Å². The third kappa shape index (κ3) is 6.80. The van der Waals surface area contributed by atoms with E-state index >= 15 is 0 Å². The Balaban J connectivity index is 1.49. The van der Waals surface area contributed by atoms with Crippen molar-refractivity contribution in [3.8, 4) is 0 Å². The predicted octanol–water partition coefficient (Wildman–Crippen LogP) is 3.60. The number of hydrogen-bond donors (Lipinski definition) is 2. The molecule has 1 atom stereocenters. The highest BCUT2D eigenvalue weighted by Crippen LogP contribution is 2.24. The van der Waals surface area contributed by atoms with Crippen molar-refractivity contribution in [1.82, 2.24) is 15.3 Å². The van der Waals surface area contributed by atoms with E-state index in [0.717, 1.165) is 37.3 Å². The highest BCUT2D eigenvalue weighted by molar-refractivity contribution is 7.92. The van der Waals surface area contributed by atoms with E-state index in [2.05, 4.69) is 20.6 Å². The molecule has 10 heteroatoms. The summed E-state index contributed by atoms with van der Waals surface area (Å²) in [4.78, 5) is 23.5. The van der Waals surface area contributed by atoms with Crippen LogP contribution in [0.25, 0.3) is 0 Å². The van der Waals surface area contributed by atoms with Crippen LogP contribution in [0.4, 0.5) is 11.6 Å². The molecule has 1 aliphatic rings. The Bertz CT molecular complexity index is 1070. The van der Waals surface area contributed by atoms with E-state index in [1.54, 1.807) is 6.92 Å². The van der Waals surface area contributed by atoms with Crippen LogP contribution in [0.5, 0.6) is 0 Å². The molecule has 0 radical (unpaired) electrons. The number of benzene rings is 1. The Morgan fingerprint density at radius 3 is 2.33 bits per heavy atom. The molecule has 33 heavy (non-hydrogen) atoms. The molecule has 1 aliphatic carbocycles.